The van der Waals surface area contributed by atoms with Gasteiger partial charge in [-0.15, -0.1) is 12.4 Å². The molecular weight excluding hydrogens is 210 g/mol. The summed E-state index contributed by atoms with van der Waals surface area (Å²) in [6.45, 7) is 5.73. The number of hydrogen-bond donors (Lipinski definition) is 0. The van der Waals surface area contributed by atoms with Gasteiger partial charge >= 0.3 is 0 Å². The van der Waals surface area contributed by atoms with E-state index < -0.39 is 0 Å². The van der Waals surface area contributed by atoms with Crippen molar-refractivity contribution in [1.82, 2.24) is 4.98 Å². The van der Waals surface area contributed by atoms with Gasteiger partial charge in [-0.1, -0.05) is 26.8 Å². The molecule has 1 aromatic heterocycles. The van der Waals surface area contributed by atoms with E-state index in [-0.39, 0.29) is 23.6 Å². The van der Waals surface area contributed by atoms with Crippen LogP contribution in [-0.4, -0.2) is 10.8 Å². The molecule has 0 saturated carbocycles. The molecule has 0 fully saturated rings. The lowest BCUT2D eigenvalue weighted by molar-refractivity contribution is -0.121. The number of halogens is 1. The van der Waals surface area contributed by atoms with Crippen molar-refractivity contribution in [3.05, 3.63) is 36.2 Å². The Kier molecular flexibility index (Phi) is 5.23. The van der Waals surface area contributed by atoms with Gasteiger partial charge in [0.05, 0.1) is 0 Å². The molecule has 0 bridgehead atoms. The summed E-state index contributed by atoms with van der Waals surface area (Å²) in [7, 11) is 0. The van der Waals surface area contributed by atoms with E-state index in [9.17, 15) is 4.79 Å². The molecule has 2 nitrogen and oxygen atoms in total. The molecule has 0 unspecified atom stereocenters. The van der Waals surface area contributed by atoms with Gasteiger partial charge in [-0.2, -0.15) is 0 Å². The van der Waals surface area contributed by atoms with Gasteiger partial charge in [0.2, 0.25) is 0 Å². The van der Waals surface area contributed by atoms with Crippen LogP contribution in [0.2, 0.25) is 0 Å². The minimum Gasteiger partial charge on any atom is -0.294 e. The van der Waals surface area contributed by atoms with Crippen molar-refractivity contribution in [3.8, 4) is 0 Å². The van der Waals surface area contributed by atoms with Crippen molar-refractivity contribution >= 4 is 24.3 Å². The SMILES string of the molecule is CC(C)(C)C(=O)/C=C/c1ccncc1.Cl. The second-order valence-electron chi connectivity index (χ2n) is 4.23. The molecule has 0 spiro atoms. The number of aromatic nitrogens is 1. The molecule has 82 valence electrons. The van der Waals surface area contributed by atoms with Crippen LogP contribution >= 0.6 is 12.4 Å². The number of pyridine rings is 1. The minimum atomic E-state index is -0.302. The van der Waals surface area contributed by atoms with E-state index in [0.29, 0.717) is 0 Å². The molecule has 15 heavy (non-hydrogen) atoms. The molecule has 1 aromatic rings. The van der Waals surface area contributed by atoms with Crippen molar-refractivity contribution in [2.24, 2.45) is 5.41 Å². The zero-order chi connectivity index (χ0) is 10.6. The van der Waals surface area contributed by atoms with Crippen LogP contribution in [0.4, 0.5) is 0 Å². The second-order valence-corrected chi connectivity index (χ2v) is 4.23. The fraction of sp³-hybridized carbons (Fsp3) is 0.333. The van der Waals surface area contributed by atoms with Gasteiger partial charge in [0, 0.05) is 17.8 Å². The van der Waals surface area contributed by atoms with Gasteiger partial charge < -0.3 is 0 Å². The number of carbonyl (C=O) groups excluding carboxylic acids is 1. The molecular formula is C12H16ClNO. The zero-order valence-corrected chi connectivity index (χ0v) is 10.0. The molecule has 1 heterocycles. The lowest BCUT2D eigenvalue weighted by atomic mass is 9.90. The smallest absolute Gasteiger partial charge is 0.161 e. The zero-order valence-electron chi connectivity index (χ0n) is 9.23. The van der Waals surface area contributed by atoms with Gasteiger partial charge in [-0.05, 0) is 23.8 Å². The monoisotopic (exact) mass is 225 g/mol. The molecule has 0 aliphatic carbocycles. The Morgan fingerprint density at radius 3 is 2.27 bits per heavy atom. The van der Waals surface area contributed by atoms with Crippen LogP contribution in [0.5, 0.6) is 0 Å². The lowest BCUT2D eigenvalue weighted by Gasteiger charge is -2.12. The Morgan fingerprint density at radius 2 is 1.80 bits per heavy atom. The first kappa shape index (κ1) is 13.8. The number of ketones is 1. The van der Waals surface area contributed by atoms with Crippen LogP contribution in [0, 0.1) is 5.41 Å². The van der Waals surface area contributed by atoms with E-state index in [1.165, 1.54) is 0 Å². The molecule has 1 rings (SSSR count). The third-order valence-corrected chi connectivity index (χ3v) is 1.87. The normalized spacial score (nSPS) is 11.1. The number of allylic oxidation sites excluding steroid dienone is 1. The maximum absolute atomic E-state index is 11.5. The summed E-state index contributed by atoms with van der Waals surface area (Å²) in [5, 5.41) is 0. The van der Waals surface area contributed by atoms with E-state index >= 15 is 0 Å². The number of carbonyl (C=O) groups is 1. The Labute approximate surface area is 96.8 Å². The van der Waals surface area contributed by atoms with Gasteiger partial charge in [0.1, 0.15) is 0 Å². The highest BCUT2D eigenvalue weighted by atomic mass is 35.5. The van der Waals surface area contributed by atoms with E-state index in [1.807, 2.05) is 39.0 Å². The van der Waals surface area contributed by atoms with Gasteiger partial charge in [-0.3, -0.25) is 9.78 Å². The molecule has 0 aliphatic rings. The molecule has 0 saturated heterocycles. The summed E-state index contributed by atoms with van der Waals surface area (Å²) in [5.41, 5.74) is 0.696. The summed E-state index contributed by atoms with van der Waals surface area (Å²) in [5.74, 6) is 0.134. The third-order valence-electron chi connectivity index (χ3n) is 1.87. The Balaban J connectivity index is 0.00000196. The van der Waals surface area contributed by atoms with Gasteiger partial charge in [0.25, 0.3) is 0 Å². The lowest BCUT2D eigenvalue weighted by Crippen LogP contribution is -2.17. The predicted octanol–water partition coefficient (Wildman–Crippen LogP) is 3.13. The average Bonchev–Trinajstić information content (AvgIpc) is 2.14. The fourth-order valence-corrected chi connectivity index (χ4v) is 0.896. The first-order valence-corrected chi connectivity index (χ1v) is 4.63. The largest absolute Gasteiger partial charge is 0.294 e. The average molecular weight is 226 g/mol. The Morgan fingerprint density at radius 1 is 1.27 bits per heavy atom. The quantitative estimate of drug-likeness (QED) is 0.724. The van der Waals surface area contributed by atoms with Crippen molar-refractivity contribution in [3.63, 3.8) is 0 Å². The van der Waals surface area contributed by atoms with E-state index in [0.717, 1.165) is 5.56 Å². The summed E-state index contributed by atoms with van der Waals surface area (Å²) >= 11 is 0. The van der Waals surface area contributed by atoms with Crippen molar-refractivity contribution in [2.75, 3.05) is 0 Å². The highest BCUT2D eigenvalue weighted by molar-refractivity contribution is 5.97. The predicted molar refractivity (Wildman–Crippen MR) is 65.0 cm³/mol. The van der Waals surface area contributed by atoms with Gasteiger partial charge in [-0.25, -0.2) is 0 Å². The second kappa shape index (κ2) is 5.66. The summed E-state index contributed by atoms with van der Waals surface area (Å²) in [4.78, 5) is 15.4. The number of hydrogen-bond acceptors (Lipinski definition) is 2. The topological polar surface area (TPSA) is 30.0 Å². The van der Waals surface area contributed by atoms with Crippen LogP contribution in [0.3, 0.4) is 0 Å². The van der Waals surface area contributed by atoms with Crippen LogP contribution in [0.1, 0.15) is 26.3 Å². The highest BCUT2D eigenvalue weighted by Crippen LogP contribution is 2.15. The highest BCUT2D eigenvalue weighted by Gasteiger charge is 2.17. The summed E-state index contributed by atoms with van der Waals surface area (Å²) in [6, 6.07) is 3.74. The molecule has 0 aromatic carbocycles. The first-order chi connectivity index (χ1) is 6.50. The maximum Gasteiger partial charge on any atom is 0.161 e. The molecule has 3 heteroatoms. The summed E-state index contributed by atoms with van der Waals surface area (Å²) in [6.07, 6.45) is 6.85. The molecule has 0 amide bonds. The van der Waals surface area contributed by atoms with Crippen LogP contribution in [0.25, 0.3) is 6.08 Å². The van der Waals surface area contributed by atoms with Crippen molar-refractivity contribution in [2.45, 2.75) is 20.8 Å². The first-order valence-electron chi connectivity index (χ1n) is 4.63. The van der Waals surface area contributed by atoms with Crippen LogP contribution < -0.4 is 0 Å². The van der Waals surface area contributed by atoms with Crippen LogP contribution in [0.15, 0.2) is 30.6 Å². The van der Waals surface area contributed by atoms with E-state index in [2.05, 4.69) is 4.98 Å². The van der Waals surface area contributed by atoms with E-state index in [1.54, 1.807) is 18.5 Å². The Bertz CT molecular complexity index is 338. The number of rotatable bonds is 2. The molecule has 0 N–H and O–H groups in total. The number of nitrogens with zero attached hydrogens (tertiary/aromatic N) is 1. The fourth-order valence-electron chi connectivity index (χ4n) is 0.896. The minimum absolute atomic E-state index is 0. The van der Waals surface area contributed by atoms with Crippen LogP contribution in [-0.2, 0) is 4.79 Å². The Hall–Kier alpha value is -1.15. The standard InChI is InChI=1S/C12H15NO.ClH/c1-12(2,3)11(14)5-4-10-6-8-13-9-7-10;/h4-9H,1-3H3;1H/b5-4+;. The van der Waals surface area contributed by atoms with Crippen molar-refractivity contribution < 1.29 is 4.79 Å². The molecule has 0 atom stereocenters. The van der Waals surface area contributed by atoms with Crippen molar-refractivity contribution in [1.29, 1.82) is 0 Å². The molecule has 0 aliphatic heterocycles. The molecule has 0 radical (unpaired) electrons. The third kappa shape index (κ3) is 4.75. The maximum atomic E-state index is 11.5. The van der Waals surface area contributed by atoms with E-state index in [4.69, 9.17) is 0 Å². The summed E-state index contributed by atoms with van der Waals surface area (Å²) < 4.78 is 0. The van der Waals surface area contributed by atoms with Gasteiger partial charge in [0.15, 0.2) is 5.78 Å².